The number of rotatable bonds is 3. The van der Waals surface area contributed by atoms with Crippen LogP contribution in [-0.2, 0) is 0 Å². The molecule has 1 unspecified atom stereocenters. The number of halogens is 1. The third-order valence-electron chi connectivity index (χ3n) is 2.35. The second kappa shape index (κ2) is 4.73. The Balaban J connectivity index is 2.10. The van der Waals surface area contributed by atoms with Crippen LogP contribution in [0.25, 0.3) is 0 Å². The molecular formula is C11H11FN4O. The molecule has 88 valence electrons. The Bertz CT molecular complexity index is 512. The molecule has 2 N–H and O–H groups in total. The van der Waals surface area contributed by atoms with Gasteiger partial charge in [-0.05, 0) is 13.0 Å². The summed E-state index contributed by atoms with van der Waals surface area (Å²) in [5.74, 6) is -0.663. The fourth-order valence-corrected chi connectivity index (χ4v) is 1.48. The number of carbonyl (C=O) groups is 1. The standard InChI is InChI=1S/C11H11FN4O/c1-7(8-4-2-3-5-9(8)12)15-11(17)10-13-6-14-16-10/h2-7H,1H3,(H,15,17)(H,13,14,16). The van der Waals surface area contributed by atoms with E-state index in [1.54, 1.807) is 25.1 Å². The molecule has 0 aliphatic heterocycles. The van der Waals surface area contributed by atoms with Crippen molar-refractivity contribution in [2.75, 3.05) is 0 Å². The molecule has 0 saturated heterocycles. The van der Waals surface area contributed by atoms with Gasteiger partial charge in [-0.25, -0.2) is 9.37 Å². The average molecular weight is 234 g/mol. The molecule has 0 saturated carbocycles. The molecule has 0 fully saturated rings. The van der Waals surface area contributed by atoms with Gasteiger partial charge in [0.1, 0.15) is 12.1 Å². The maximum Gasteiger partial charge on any atom is 0.289 e. The van der Waals surface area contributed by atoms with E-state index in [1.807, 2.05) is 0 Å². The predicted octanol–water partition coefficient (Wildman–Crippen LogP) is 1.43. The van der Waals surface area contributed by atoms with E-state index < -0.39 is 11.9 Å². The van der Waals surface area contributed by atoms with Crippen LogP contribution in [0.4, 0.5) is 4.39 Å². The summed E-state index contributed by atoms with van der Waals surface area (Å²) in [6.45, 7) is 1.70. The number of amides is 1. The molecular weight excluding hydrogens is 223 g/mol. The first-order valence-electron chi connectivity index (χ1n) is 5.09. The molecule has 5 nitrogen and oxygen atoms in total. The maximum atomic E-state index is 13.4. The maximum absolute atomic E-state index is 13.4. The van der Waals surface area contributed by atoms with E-state index >= 15 is 0 Å². The van der Waals surface area contributed by atoms with Gasteiger partial charge in [0.25, 0.3) is 5.91 Å². The number of hydrogen-bond acceptors (Lipinski definition) is 3. The van der Waals surface area contributed by atoms with Gasteiger partial charge in [0.05, 0.1) is 6.04 Å². The molecule has 1 atom stereocenters. The fraction of sp³-hybridized carbons (Fsp3) is 0.182. The molecule has 2 aromatic rings. The summed E-state index contributed by atoms with van der Waals surface area (Å²) >= 11 is 0. The van der Waals surface area contributed by atoms with Gasteiger partial charge in [0, 0.05) is 5.56 Å². The van der Waals surface area contributed by atoms with Gasteiger partial charge in [-0.1, -0.05) is 18.2 Å². The van der Waals surface area contributed by atoms with Crippen molar-refractivity contribution in [3.8, 4) is 0 Å². The topological polar surface area (TPSA) is 70.7 Å². The highest BCUT2D eigenvalue weighted by Crippen LogP contribution is 2.16. The lowest BCUT2D eigenvalue weighted by atomic mass is 10.1. The zero-order valence-corrected chi connectivity index (χ0v) is 9.14. The average Bonchev–Trinajstić information content (AvgIpc) is 2.82. The summed E-state index contributed by atoms with van der Waals surface area (Å²) in [7, 11) is 0. The first-order valence-corrected chi connectivity index (χ1v) is 5.09. The Kier molecular flexibility index (Phi) is 3.13. The van der Waals surface area contributed by atoms with Gasteiger partial charge in [0.15, 0.2) is 0 Å². The molecule has 0 radical (unpaired) electrons. The number of carbonyl (C=O) groups excluding carboxylic acids is 1. The van der Waals surface area contributed by atoms with Crippen LogP contribution in [0.3, 0.4) is 0 Å². The van der Waals surface area contributed by atoms with Crippen LogP contribution in [0.2, 0.25) is 0 Å². The molecule has 1 heterocycles. The van der Waals surface area contributed by atoms with Crippen LogP contribution in [0, 0.1) is 5.82 Å². The van der Waals surface area contributed by atoms with Crippen LogP contribution in [0.15, 0.2) is 30.6 Å². The second-order valence-electron chi connectivity index (χ2n) is 3.55. The quantitative estimate of drug-likeness (QED) is 0.844. The van der Waals surface area contributed by atoms with Gasteiger partial charge >= 0.3 is 0 Å². The third-order valence-corrected chi connectivity index (χ3v) is 2.35. The number of hydrogen-bond donors (Lipinski definition) is 2. The van der Waals surface area contributed by atoms with Crippen LogP contribution in [0.1, 0.15) is 29.1 Å². The third kappa shape index (κ3) is 2.47. The molecule has 2 rings (SSSR count). The van der Waals surface area contributed by atoms with Gasteiger partial charge in [-0.2, -0.15) is 5.10 Å². The van der Waals surface area contributed by atoms with E-state index in [4.69, 9.17) is 0 Å². The lowest BCUT2D eigenvalue weighted by molar-refractivity contribution is 0.0929. The summed E-state index contributed by atoms with van der Waals surface area (Å²) in [4.78, 5) is 15.3. The Labute approximate surface area is 97.1 Å². The molecule has 1 aromatic heterocycles. The van der Waals surface area contributed by atoms with Crippen LogP contribution >= 0.6 is 0 Å². The smallest absolute Gasteiger partial charge is 0.289 e. The number of benzene rings is 1. The van der Waals surface area contributed by atoms with E-state index in [9.17, 15) is 9.18 Å². The molecule has 17 heavy (non-hydrogen) atoms. The minimum Gasteiger partial charge on any atom is -0.343 e. The molecule has 0 aliphatic carbocycles. The molecule has 0 spiro atoms. The molecule has 6 heteroatoms. The first kappa shape index (κ1) is 11.3. The number of aromatic nitrogens is 3. The highest BCUT2D eigenvalue weighted by Gasteiger charge is 2.15. The largest absolute Gasteiger partial charge is 0.343 e. The molecule has 1 aromatic carbocycles. The lowest BCUT2D eigenvalue weighted by Crippen LogP contribution is -2.28. The SMILES string of the molecule is CC(NC(=O)c1ncn[nH]1)c1ccccc1F. The van der Waals surface area contributed by atoms with E-state index in [2.05, 4.69) is 20.5 Å². The van der Waals surface area contributed by atoms with Crippen molar-refractivity contribution in [3.63, 3.8) is 0 Å². The van der Waals surface area contributed by atoms with Crippen molar-refractivity contribution in [1.29, 1.82) is 0 Å². The predicted molar refractivity (Wildman–Crippen MR) is 58.7 cm³/mol. The van der Waals surface area contributed by atoms with Crippen LogP contribution in [0.5, 0.6) is 0 Å². The lowest BCUT2D eigenvalue weighted by Gasteiger charge is -2.13. The van der Waals surface area contributed by atoms with Gasteiger partial charge < -0.3 is 5.32 Å². The Morgan fingerprint density at radius 2 is 2.24 bits per heavy atom. The van der Waals surface area contributed by atoms with Gasteiger partial charge in [-0.3, -0.25) is 9.89 Å². The minimum atomic E-state index is -0.436. The monoisotopic (exact) mass is 234 g/mol. The summed E-state index contributed by atoms with van der Waals surface area (Å²) < 4.78 is 13.4. The zero-order valence-electron chi connectivity index (χ0n) is 9.14. The highest BCUT2D eigenvalue weighted by atomic mass is 19.1. The Hall–Kier alpha value is -2.24. The van der Waals surface area contributed by atoms with Crippen molar-refractivity contribution >= 4 is 5.91 Å². The van der Waals surface area contributed by atoms with Crippen molar-refractivity contribution in [2.24, 2.45) is 0 Å². The van der Waals surface area contributed by atoms with Crippen molar-refractivity contribution in [2.45, 2.75) is 13.0 Å². The van der Waals surface area contributed by atoms with Crippen molar-refractivity contribution < 1.29 is 9.18 Å². The van der Waals surface area contributed by atoms with Crippen LogP contribution < -0.4 is 5.32 Å². The van der Waals surface area contributed by atoms with E-state index in [1.165, 1.54) is 12.4 Å². The van der Waals surface area contributed by atoms with E-state index in [0.29, 0.717) is 5.56 Å². The van der Waals surface area contributed by atoms with Crippen LogP contribution in [-0.4, -0.2) is 21.1 Å². The summed E-state index contributed by atoms with van der Waals surface area (Å²) in [6, 6.07) is 5.86. The number of aromatic amines is 1. The summed E-state index contributed by atoms with van der Waals surface area (Å²) in [5.41, 5.74) is 0.431. The summed E-state index contributed by atoms with van der Waals surface area (Å²) in [5, 5.41) is 8.64. The second-order valence-corrected chi connectivity index (χ2v) is 3.55. The first-order chi connectivity index (χ1) is 8.18. The van der Waals surface area contributed by atoms with Crippen molar-refractivity contribution in [1.82, 2.24) is 20.5 Å². The van der Waals surface area contributed by atoms with Crippen molar-refractivity contribution in [3.05, 3.63) is 47.8 Å². The zero-order chi connectivity index (χ0) is 12.3. The summed E-state index contributed by atoms with van der Waals surface area (Å²) in [6.07, 6.45) is 1.24. The Morgan fingerprint density at radius 3 is 2.88 bits per heavy atom. The number of nitrogens with one attached hydrogen (secondary N) is 2. The van der Waals surface area contributed by atoms with E-state index in [0.717, 1.165) is 0 Å². The molecule has 0 bridgehead atoms. The highest BCUT2D eigenvalue weighted by molar-refractivity contribution is 5.90. The fourth-order valence-electron chi connectivity index (χ4n) is 1.48. The molecule has 1 amide bonds. The van der Waals surface area contributed by atoms with Gasteiger partial charge in [0.2, 0.25) is 5.82 Å². The Morgan fingerprint density at radius 1 is 1.47 bits per heavy atom. The normalized spacial score (nSPS) is 12.1. The number of H-pyrrole nitrogens is 1. The minimum absolute atomic E-state index is 0.105. The molecule has 0 aliphatic rings. The van der Waals surface area contributed by atoms with E-state index in [-0.39, 0.29) is 11.6 Å². The van der Waals surface area contributed by atoms with Gasteiger partial charge in [-0.15, -0.1) is 0 Å². The number of nitrogens with zero attached hydrogens (tertiary/aromatic N) is 2.